The van der Waals surface area contributed by atoms with Crippen molar-refractivity contribution in [1.29, 1.82) is 0 Å². The SMILES string of the molecule is C[C@@H]1C[C@H](N2C(=O)C[C@@](C)(c3cccc(NC(=O)c4cc(N5CCOCC5)ccn4)c3Cl)N=C2N)CCO1. The number of hydrogen-bond acceptors (Lipinski definition) is 8. The fraction of sp³-hybridized carbons (Fsp3) is 0.481. The Kier molecular flexibility index (Phi) is 7.56. The van der Waals surface area contributed by atoms with Gasteiger partial charge < -0.3 is 25.4 Å². The minimum atomic E-state index is -0.971. The second kappa shape index (κ2) is 10.9. The van der Waals surface area contributed by atoms with E-state index in [1.165, 1.54) is 0 Å². The van der Waals surface area contributed by atoms with E-state index >= 15 is 0 Å². The van der Waals surface area contributed by atoms with Gasteiger partial charge in [0.15, 0.2) is 5.96 Å². The number of morpholine rings is 1. The minimum Gasteiger partial charge on any atom is -0.378 e. The van der Waals surface area contributed by atoms with Gasteiger partial charge in [-0.3, -0.25) is 19.5 Å². The van der Waals surface area contributed by atoms with Gasteiger partial charge in [0.1, 0.15) is 5.69 Å². The lowest BCUT2D eigenvalue weighted by molar-refractivity contribution is -0.133. The first-order chi connectivity index (χ1) is 18.2. The Morgan fingerprint density at radius 3 is 2.76 bits per heavy atom. The number of carbonyl (C=O) groups is 2. The van der Waals surface area contributed by atoms with E-state index in [4.69, 9.17) is 31.8 Å². The molecule has 4 heterocycles. The molecule has 3 N–H and O–H groups in total. The third-order valence-corrected chi connectivity index (χ3v) is 7.78. The molecule has 38 heavy (non-hydrogen) atoms. The molecule has 10 nitrogen and oxygen atoms in total. The second-order valence-corrected chi connectivity index (χ2v) is 10.5. The van der Waals surface area contributed by atoms with E-state index in [0.29, 0.717) is 48.9 Å². The van der Waals surface area contributed by atoms with Crippen molar-refractivity contribution in [2.45, 2.75) is 50.8 Å². The van der Waals surface area contributed by atoms with E-state index < -0.39 is 5.54 Å². The Morgan fingerprint density at radius 2 is 2.03 bits per heavy atom. The average Bonchev–Trinajstić information content (AvgIpc) is 2.90. The standard InChI is InChI=1S/C27H33ClN6O4/c1-17-14-19(7-11-38-17)34-23(35)16-27(2,32-26(34)29)20-4-3-5-21(24(20)28)31-25(36)22-15-18(6-8-30-22)33-9-12-37-13-10-33/h3-6,8,15,17,19H,7,9-14,16H2,1-2H3,(H2,29,32)(H,31,36)/t17-,19-,27+/m1/s1. The highest BCUT2D eigenvalue weighted by Crippen LogP contribution is 2.41. The number of pyridine rings is 1. The number of nitrogens with one attached hydrogen (secondary N) is 1. The Hall–Kier alpha value is -3.21. The first kappa shape index (κ1) is 26.4. The fourth-order valence-corrected chi connectivity index (χ4v) is 5.78. The number of nitrogens with two attached hydrogens (primary N) is 1. The van der Waals surface area contributed by atoms with Gasteiger partial charge in [0.05, 0.1) is 42.0 Å². The van der Waals surface area contributed by atoms with Crippen LogP contribution < -0.4 is 16.0 Å². The summed E-state index contributed by atoms with van der Waals surface area (Å²) in [7, 11) is 0. The molecule has 0 aliphatic carbocycles. The van der Waals surface area contributed by atoms with E-state index in [1.807, 2.05) is 26.0 Å². The molecule has 0 saturated carbocycles. The zero-order valence-corrected chi connectivity index (χ0v) is 22.4. The zero-order valence-electron chi connectivity index (χ0n) is 21.7. The summed E-state index contributed by atoms with van der Waals surface area (Å²) in [6.07, 6.45) is 3.21. The van der Waals surface area contributed by atoms with Crippen molar-refractivity contribution in [2.24, 2.45) is 10.7 Å². The number of ether oxygens (including phenoxy) is 2. The number of rotatable bonds is 5. The van der Waals surface area contributed by atoms with E-state index in [1.54, 1.807) is 29.3 Å². The molecule has 5 rings (SSSR count). The number of carbonyl (C=O) groups excluding carboxylic acids is 2. The number of aromatic nitrogens is 1. The monoisotopic (exact) mass is 540 g/mol. The maximum atomic E-state index is 13.3. The number of halogens is 1. The van der Waals surface area contributed by atoms with Gasteiger partial charge in [0.25, 0.3) is 5.91 Å². The van der Waals surface area contributed by atoms with Crippen molar-refractivity contribution in [1.82, 2.24) is 9.88 Å². The smallest absolute Gasteiger partial charge is 0.274 e. The van der Waals surface area contributed by atoms with E-state index in [9.17, 15) is 9.59 Å². The third kappa shape index (κ3) is 5.34. The summed E-state index contributed by atoms with van der Waals surface area (Å²) in [6.45, 7) is 7.21. The van der Waals surface area contributed by atoms with Crippen molar-refractivity contribution >= 4 is 40.7 Å². The molecule has 0 radical (unpaired) electrons. The maximum Gasteiger partial charge on any atom is 0.274 e. The lowest BCUT2D eigenvalue weighted by atomic mass is 9.86. The molecule has 0 spiro atoms. The number of guanidine groups is 1. The van der Waals surface area contributed by atoms with Gasteiger partial charge >= 0.3 is 0 Å². The van der Waals surface area contributed by atoms with Gasteiger partial charge in [0, 0.05) is 43.2 Å². The molecule has 0 unspecified atom stereocenters. The Labute approximate surface area is 227 Å². The Morgan fingerprint density at radius 1 is 1.24 bits per heavy atom. The number of hydrogen-bond donors (Lipinski definition) is 2. The maximum absolute atomic E-state index is 13.3. The van der Waals surface area contributed by atoms with Crippen LogP contribution in [-0.2, 0) is 19.8 Å². The van der Waals surface area contributed by atoms with Crippen LogP contribution in [0.4, 0.5) is 11.4 Å². The van der Waals surface area contributed by atoms with Crippen LogP contribution in [0.15, 0.2) is 41.5 Å². The number of benzene rings is 1. The summed E-state index contributed by atoms with van der Waals surface area (Å²) in [6, 6.07) is 8.90. The average molecular weight is 541 g/mol. The van der Waals surface area contributed by atoms with E-state index in [0.717, 1.165) is 18.8 Å². The van der Waals surface area contributed by atoms with Gasteiger partial charge in [-0.25, -0.2) is 4.99 Å². The van der Waals surface area contributed by atoms with Gasteiger partial charge in [-0.2, -0.15) is 0 Å². The lowest BCUT2D eigenvalue weighted by Crippen LogP contribution is -2.56. The molecule has 2 fully saturated rings. The lowest BCUT2D eigenvalue weighted by Gasteiger charge is -2.41. The van der Waals surface area contributed by atoms with Gasteiger partial charge in [-0.15, -0.1) is 0 Å². The van der Waals surface area contributed by atoms with Crippen LogP contribution in [0.2, 0.25) is 5.02 Å². The molecular weight excluding hydrogens is 508 g/mol. The van der Waals surface area contributed by atoms with Crippen LogP contribution in [0.5, 0.6) is 0 Å². The van der Waals surface area contributed by atoms with Crippen molar-refractivity contribution < 1.29 is 19.1 Å². The van der Waals surface area contributed by atoms with Gasteiger partial charge in [-0.05, 0) is 44.9 Å². The van der Waals surface area contributed by atoms with E-state index in [2.05, 4.69) is 15.2 Å². The second-order valence-electron chi connectivity index (χ2n) is 10.2. The summed E-state index contributed by atoms with van der Waals surface area (Å²) in [5, 5.41) is 3.19. The highest BCUT2D eigenvalue weighted by Gasteiger charge is 2.42. The summed E-state index contributed by atoms with van der Waals surface area (Å²) < 4.78 is 11.0. The molecule has 11 heteroatoms. The van der Waals surface area contributed by atoms with Crippen molar-refractivity contribution in [3.63, 3.8) is 0 Å². The quantitative estimate of drug-likeness (QED) is 0.597. The largest absolute Gasteiger partial charge is 0.378 e. The minimum absolute atomic E-state index is 0.0404. The normalized spacial score (nSPS) is 26.2. The molecule has 202 valence electrons. The van der Waals surface area contributed by atoms with E-state index in [-0.39, 0.29) is 42.0 Å². The number of anilines is 2. The highest BCUT2D eigenvalue weighted by atomic mass is 35.5. The van der Waals surface area contributed by atoms with Crippen molar-refractivity contribution in [2.75, 3.05) is 43.1 Å². The highest BCUT2D eigenvalue weighted by molar-refractivity contribution is 6.35. The fourth-order valence-electron chi connectivity index (χ4n) is 5.40. The summed E-state index contributed by atoms with van der Waals surface area (Å²) >= 11 is 6.81. The number of aliphatic imine (C=N–C) groups is 1. The summed E-state index contributed by atoms with van der Waals surface area (Å²) in [5.41, 5.74) is 7.60. The molecule has 1 aromatic carbocycles. The van der Waals surface area contributed by atoms with Crippen LogP contribution in [0, 0.1) is 0 Å². The molecular formula is C27H33ClN6O4. The number of nitrogens with zero attached hydrogens (tertiary/aromatic N) is 4. The van der Waals surface area contributed by atoms with Crippen LogP contribution in [0.3, 0.4) is 0 Å². The molecule has 2 saturated heterocycles. The van der Waals surface area contributed by atoms with Crippen molar-refractivity contribution in [3.8, 4) is 0 Å². The molecule has 2 aromatic rings. The van der Waals surface area contributed by atoms with Gasteiger partial charge in [-0.1, -0.05) is 23.7 Å². The van der Waals surface area contributed by atoms with Gasteiger partial charge in [0.2, 0.25) is 5.91 Å². The predicted molar refractivity (Wildman–Crippen MR) is 146 cm³/mol. The summed E-state index contributed by atoms with van der Waals surface area (Å²) in [5.74, 6) is -0.307. The molecule has 1 aromatic heterocycles. The first-order valence-corrected chi connectivity index (χ1v) is 13.3. The molecule has 3 aliphatic rings. The van der Waals surface area contributed by atoms with Crippen LogP contribution in [0.25, 0.3) is 0 Å². The topological polar surface area (TPSA) is 122 Å². The predicted octanol–water partition coefficient (Wildman–Crippen LogP) is 3.15. The zero-order chi connectivity index (χ0) is 26.9. The van der Waals surface area contributed by atoms with Crippen LogP contribution in [-0.4, -0.2) is 72.7 Å². The third-order valence-electron chi connectivity index (χ3n) is 7.37. The first-order valence-electron chi connectivity index (χ1n) is 12.9. The Balaban J connectivity index is 1.36. The van der Waals surface area contributed by atoms with Crippen LogP contribution >= 0.6 is 11.6 Å². The summed E-state index contributed by atoms with van der Waals surface area (Å²) in [4.78, 5) is 39.2. The molecule has 3 aliphatic heterocycles. The Bertz CT molecular complexity index is 1250. The molecule has 3 atom stereocenters. The molecule has 2 amide bonds. The van der Waals surface area contributed by atoms with Crippen molar-refractivity contribution in [3.05, 3.63) is 52.8 Å². The van der Waals surface area contributed by atoms with Crippen LogP contribution in [0.1, 0.15) is 49.2 Å². The molecule has 0 bridgehead atoms. The number of amides is 2.